The number of rotatable bonds is 3. The van der Waals surface area contributed by atoms with Gasteiger partial charge in [0.25, 0.3) is 0 Å². The Labute approximate surface area is 95.7 Å². The van der Waals surface area contributed by atoms with E-state index in [2.05, 4.69) is 31.4 Å². The third-order valence-electron chi connectivity index (χ3n) is 1.75. The quantitative estimate of drug-likeness (QED) is 0.653. The first-order valence-corrected chi connectivity index (χ1v) is 5.23. The van der Waals surface area contributed by atoms with Crippen molar-refractivity contribution in [1.82, 2.24) is 15.5 Å². The van der Waals surface area contributed by atoms with E-state index >= 15 is 0 Å². The molecule has 0 aliphatic heterocycles. The highest BCUT2D eigenvalue weighted by Gasteiger charge is 2.23. The van der Waals surface area contributed by atoms with Crippen molar-refractivity contribution >= 4 is 21.6 Å². The Balaban J connectivity index is 2.82. The SMILES string of the molecule is CC(C)(C)NCc1[nH]nc(Br)c1[N+](=O)[O-]. The van der Waals surface area contributed by atoms with Crippen molar-refractivity contribution in [2.75, 3.05) is 0 Å². The van der Waals surface area contributed by atoms with Gasteiger partial charge in [0.15, 0.2) is 0 Å². The van der Waals surface area contributed by atoms with Crippen molar-refractivity contribution in [2.24, 2.45) is 0 Å². The van der Waals surface area contributed by atoms with Crippen molar-refractivity contribution in [1.29, 1.82) is 0 Å². The van der Waals surface area contributed by atoms with Gasteiger partial charge in [0.2, 0.25) is 4.60 Å². The fraction of sp³-hybridized carbons (Fsp3) is 0.625. The Bertz CT molecular complexity index is 369. The summed E-state index contributed by atoms with van der Waals surface area (Å²) >= 11 is 3.03. The molecule has 15 heavy (non-hydrogen) atoms. The van der Waals surface area contributed by atoms with E-state index in [1.54, 1.807) is 0 Å². The molecular weight excluding hydrogens is 264 g/mol. The van der Waals surface area contributed by atoms with Crippen LogP contribution in [0.25, 0.3) is 0 Å². The van der Waals surface area contributed by atoms with Crippen molar-refractivity contribution < 1.29 is 4.92 Å². The number of nitro groups is 1. The zero-order valence-electron chi connectivity index (χ0n) is 8.80. The summed E-state index contributed by atoms with van der Waals surface area (Å²) in [5.74, 6) is 0. The van der Waals surface area contributed by atoms with E-state index in [4.69, 9.17) is 0 Å². The molecule has 7 heteroatoms. The van der Waals surface area contributed by atoms with Gasteiger partial charge >= 0.3 is 5.69 Å². The maximum absolute atomic E-state index is 10.7. The Hall–Kier alpha value is -0.950. The van der Waals surface area contributed by atoms with Crippen molar-refractivity contribution in [2.45, 2.75) is 32.9 Å². The van der Waals surface area contributed by atoms with Crippen LogP contribution in [0.15, 0.2) is 4.60 Å². The summed E-state index contributed by atoms with van der Waals surface area (Å²) in [5, 5.41) is 20.2. The molecule has 0 fully saturated rings. The van der Waals surface area contributed by atoms with Gasteiger partial charge < -0.3 is 5.32 Å². The van der Waals surface area contributed by atoms with E-state index in [-0.39, 0.29) is 15.8 Å². The zero-order valence-corrected chi connectivity index (χ0v) is 10.4. The minimum Gasteiger partial charge on any atom is -0.306 e. The molecule has 0 aliphatic carbocycles. The van der Waals surface area contributed by atoms with E-state index in [1.807, 2.05) is 20.8 Å². The van der Waals surface area contributed by atoms with Crippen molar-refractivity contribution in [3.63, 3.8) is 0 Å². The van der Waals surface area contributed by atoms with Gasteiger partial charge in [-0.25, -0.2) is 0 Å². The van der Waals surface area contributed by atoms with Crippen LogP contribution >= 0.6 is 15.9 Å². The maximum Gasteiger partial charge on any atom is 0.325 e. The fourth-order valence-electron chi connectivity index (χ4n) is 1.01. The number of nitrogens with one attached hydrogen (secondary N) is 2. The summed E-state index contributed by atoms with van der Waals surface area (Å²) < 4.78 is 0.234. The first kappa shape index (κ1) is 12.1. The Morgan fingerprint density at radius 1 is 1.60 bits per heavy atom. The summed E-state index contributed by atoms with van der Waals surface area (Å²) in [4.78, 5) is 10.3. The molecule has 84 valence electrons. The largest absolute Gasteiger partial charge is 0.325 e. The van der Waals surface area contributed by atoms with Gasteiger partial charge in [-0.2, -0.15) is 5.10 Å². The van der Waals surface area contributed by atoms with Crippen LogP contribution in [-0.4, -0.2) is 20.7 Å². The van der Waals surface area contributed by atoms with Gasteiger partial charge in [-0.05, 0) is 36.7 Å². The standard InChI is InChI=1S/C8H13BrN4O2/c1-8(2,3)10-4-5-6(13(14)15)7(9)12-11-5/h10H,4H2,1-3H3,(H,11,12). The lowest BCUT2D eigenvalue weighted by Crippen LogP contribution is -2.35. The van der Waals surface area contributed by atoms with Crippen molar-refractivity contribution in [3.05, 3.63) is 20.4 Å². The average Bonchev–Trinajstić information content (AvgIpc) is 2.42. The first-order valence-electron chi connectivity index (χ1n) is 4.43. The summed E-state index contributed by atoms with van der Waals surface area (Å²) in [6.07, 6.45) is 0. The number of hydrogen-bond donors (Lipinski definition) is 2. The predicted molar refractivity (Wildman–Crippen MR) is 59.5 cm³/mol. The van der Waals surface area contributed by atoms with E-state index in [9.17, 15) is 10.1 Å². The van der Waals surface area contributed by atoms with Gasteiger partial charge in [-0.1, -0.05) is 0 Å². The Morgan fingerprint density at radius 2 is 2.20 bits per heavy atom. The van der Waals surface area contributed by atoms with Crippen LogP contribution in [0.1, 0.15) is 26.5 Å². The molecule has 1 aromatic rings. The molecule has 0 spiro atoms. The Kier molecular flexibility index (Phi) is 3.46. The summed E-state index contributed by atoms with van der Waals surface area (Å²) in [5.41, 5.74) is 0.374. The van der Waals surface area contributed by atoms with E-state index in [0.717, 1.165) is 0 Å². The summed E-state index contributed by atoms with van der Waals surface area (Å²) in [6, 6.07) is 0. The molecule has 0 unspecified atom stereocenters. The Morgan fingerprint density at radius 3 is 2.67 bits per heavy atom. The molecule has 0 atom stereocenters. The second-order valence-corrected chi connectivity index (χ2v) is 4.95. The van der Waals surface area contributed by atoms with Crippen LogP contribution in [0.4, 0.5) is 5.69 Å². The summed E-state index contributed by atoms with van der Waals surface area (Å²) in [6.45, 7) is 6.36. The predicted octanol–water partition coefficient (Wildman–Crippen LogP) is 1.97. The lowest BCUT2D eigenvalue weighted by Gasteiger charge is -2.19. The fourth-order valence-corrected chi connectivity index (χ4v) is 1.48. The van der Waals surface area contributed by atoms with Crippen LogP contribution in [0.5, 0.6) is 0 Å². The lowest BCUT2D eigenvalue weighted by atomic mass is 10.1. The molecular formula is C8H13BrN4O2. The van der Waals surface area contributed by atoms with E-state index in [1.165, 1.54) is 0 Å². The van der Waals surface area contributed by atoms with Crippen molar-refractivity contribution in [3.8, 4) is 0 Å². The molecule has 0 aromatic carbocycles. The molecule has 0 saturated heterocycles. The minimum absolute atomic E-state index is 0.00764. The third-order valence-corrected chi connectivity index (χ3v) is 2.30. The number of hydrogen-bond acceptors (Lipinski definition) is 4. The molecule has 0 saturated carbocycles. The van der Waals surface area contributed by atoms with Gasteiger partial charge in [0.05, 0.1) is 4.92 Å². The van der Waals surface area contributed by atoms with E-state index < -0.39 is 4.92 Å². The highest BCUT2D eigenvalue weighted by atomic mass is 79.9. The summed E-state index contributed by atoms with van der Waals surface area (Å²) in [7, 11) is 0. The molecule has 1 aromatic heterocycles. The van der Waals surface area contributed by atoms with Crippen LogP contribution in [-0.2, 0) is 6.54 Å². The minimum atomic E-state index is -0.451. The third kappa shape index (κ3) is 3.28. The van der Waals surface area contributed by atoms with Crippen LogP contribution in [0, 0.1) is 10.1 Å². The van der Waals surface area contributed by atoms with Gasteiger partial charge in [-0.3, -0.25) is 15.2 Å². The number of halogens is 1. The normalized spacial score (nSPS) is 11.7. The van der Waals surface area contributed by atoms with Crippen LogP contribution < -0.4 is 5.32 Å². The van der Waals surface area contributed by atoms with Gasteiger partial charge in [0, 0.05) is 12.1 Å². The topological polar surface area (TPSA) is 83.8 Å². The highest BCUT2D eigenvalue weighted by Crippen LogP contribution is 2.25. The molecule has 0 radical (unpaired) electrons. The molecule has 0 amide bonds. The van der Waals surface area contributed by atoms with E-state index in [0.29, 0.717) is 12.2 Å². The van der Waals surface area contributed by atoms with Crippen LogP contribution in [0.2, 0.25) is 0 Å². The second-order valence-electron chi connectivity index (χ2n) is 4.20. The lowest BCUT2D eigenvalue weighted by molar-refractivity contribution is -0.386. The molecule has 1 heterocycles. The zero-order chi connectivity index (χ0) is 11.6. The van der Waals surface area contributed by atoms with Gasteiger partial charge in [0.1, 0.15) is 5.69 Å². The monoisotopic (exact) mass is 276 g/mol. The van der Waals surface area contributed by atoms with Crippen LogP contribution in [0.3, 0.4) is 0 Å². The molecule has 0 aliphatic rings. The number of H-pyrrole nitrogens is 1. The maximum atomic E-state index is 10.7. The average molecular weight is 277 g/mol. The number of nitrogens with zero attached hydrogens (tertiary/aromatic N) is 2. The second kappa shape index (κ2) is 4.28. The smallest absolute Gasteiger partial charge is 0.306 e. The number of aromatic nitrogens is 2. The molecule has 6 nitrogen and oxygen atoms in total. The first-order chi connectivity index (χ1) is 6.81. The molecule has 2 N–H and O–H groups in total. The molecule has 0 bridgehead atoms. The van der Waals surface area contributed by atoms with Gasteiger partial charge in [-0.15, -0.1) is 0 Å². The number of aromatic amines is 1. The molecule has 1 rings (SSSR count). The highest BCUT2D eigenvalue weighted by molar-refractivity contribution is 9.10.